The van der Waals surface area contributed by atoms with E-state index in [4.69, 9.17) is 115 Å². The lowest BCUT2D eigenvalue weighted by atomic mass is 9.88. The van der Waals surface area contributed by atoms with Crippen molar-refractivity contribution in [3.63, 3.8) is 0 Å². The minimum atomic E-state index is -5.43. The molecule has 5 aromatic carbocycles. The van der Waals surface area contributed by atoms with Crippen LogP contribution in [0.4, 0.5) is 23.7 Å². The average molecular weight is 1560 g/mol. The number of azide groups is 1. The Kier molecular flexibility index (Phi) is 30.9. The fourth-order valence-corrected chi connectivity index (χ4v) is 11.7. The van der Waals surface area contributed by atoms with Gasteiger partial charge in [0, 0.05) is 39.5 Å². The van der Waals surface area contributed by atoms with E-state index in [1.165, 1.54) is 54.6 Å². The third kappa shape index (κ3) is 24.9. The van der Waals surface area contributed by atoms with Crippen LogP contribution in [-0.4, -0.2) is 195 Å². The maximum atomic E-state index is 15.6. The maximum absolute atomic E-state index is 15.6. The molecule has 0 radical (unpaired) electrons. The number of para-hydroxylation sites is 1. The number of alkyl halides is 6. The molecule has 576 valence electrons. The molecule has 3 saturated heterocycles. The van der Waals surface area contributed by atoms with Crippen LogP contribution in [0.1, 0.15) is 68.1 Å². The molecule has 30 nitrogen and oxygen atoms in total. The lowest BCUT2D eigenvalue weighted by Crippen LogP contribution is -2.71. The zero-order valence-electron chi connectivity index (χ0n) is 58.0. The van der Waals surface area contributed by atoms with Gasteiger partial charge in [0.25, 0.3) is 11.7 Å². The summed E-state index contributed by atoms with van der Waals surface area (Å²) in [5.41, 5.74) is 11.3. The van der Waals surface area contributed by atoms with Gasteiger partial charge in [-0.25, -0.2) is 19.4 Å². The molecule has 8 rings (SSSR count). The van der Waals surface area contributed by atoms with E-state index in [0.29, 0.717) is 16.7 Å². The highest BCUT2D eigenvalue weighted by Crippen LogP contribution is 2.44. The number of carbonyl (C=O) groups excluding carboxylic acids is 8. The van der Waals surface area contributed by atoms with Crippen LogP contribution >= 0.6 is 34.8 Å². The number of carbonyl (C=O) groups is 8. The summed E-state index contributed by atoms with van der Waals surface area (Å²) in [4.78, 5) is 118. The average Bonchev–Trinajstić information content (AvgIpc) is 0.741. The topological polar surface area (TPSA) is 367 Å². The second-order valence-corrected chi connectivity index (χ2v) is 26.5. The Bertz CT molecular complexity index is 3860. The highest BCUT2D eigenvalue weighted by molar-refractivity contribution is 6.67. The molecule has 3 aliphatic rings. The van der Waals surface area contributed by atoms with Crippen LogP contribution in [0.5, 0.6) is 0 Å². The molecule has 3 fully saturated rings. The molecule has 3 aliphatic heterocycles. The second kappa shape index (κ2) is 39.6. The number of esters is 7. The highest BCUT2D eigenvalue weighted by atomic mass is 35.6. The lowest BCUT2D eigenvalue weighted by Gasteiger charge is -2.52. The predicted octanol–water partition coefficient (Wildman–Crippen LogP) is 9.85. The molecule has 0 saturated carbocycles. The van der Waals surface area contributed by atoms with Crippen LogP contribution in [0.3, 0.4) is 0 Å². The molecule has 0 aliphatic carbocycles. The minimum Gasteiger partial charge on any atom is -0.465 e. The first-order chi connectivity index (χ1) is 51.0. The largest absolute Gasteiger partial charge is 0.468 e. The molecule has 0 spiro atoms. The van der Waals surface area contributed by atoms with Gasteiger partial charge in [0.1, 0.15) is 68.0 Å². The molecule has 36 heteroatoms. The number of amides is 1. The molecule has 16 atom stereocenters. The molecule has 0 aromatic heterocycles. The monoisotopic (exact) mass is 1560 g/mol. The predicted molar refractivity (Wildman–Crippen MR) is 365 cm³/mol. The van der Waals surface area contributed by atoms with Crippen molar-refractivity contribution in [1.29, 1.82) is 0 Å². The Morgan fingerprint density at radius 1 is 0.617 bits per heavy atom. The summed E-state index contributed by atoms with van der Waals surface area (Å²) in [7, 11) is 0.836. The van der Waals surface area contributed by atoms with Crippen molar-refractivity contribution in [3.05, 3.63) is 184 Å². The number of methoxy groups -OCH3 is 1. The molecule has 107 heavy (non-hydrogen) atoms. The summed E-state index contributed by atoms with van der Waals surface area (Å²) in [6, 6.07) is 35.0. The van der Waals surface area contributed by atoms with Crippen LogP contribution in [0, 0.1) is 0 Å². The van der Waals surface area contributed by atoms with Crippen molar-refractivity contribution >= 4 is 94.3 Å². The van der Waals surface area contributed by atoms with E-state index >= 15 is 22.8 Å². The smallest absolute Gasteiger partial charge is 0.465 e. The summed E-state index contributed by atoms with van der Waals surface area (Å²) in [6.07, 6.45) is -35.5. The molecule has 1 N–H and O–H groups in total. The normalized spacial score (nSPS) is 25.0. The van der Waals surface area contributed by atoms with Crippen LogP contribution < -0.4 is 5.32 Å². The molecule has 5 aromatic rings. The summed E-state index contributed by atoms with van der Waals surface area (Å²) < 4.78 is 150. The number of nitrogens with zero attached hydrogens (tertiary/aromatic N) is 4. The number of rotatable bonds is 31. The number of benzene rings is 5. The molecular formula is C71H75Cl3F3N5O25. The van der Waals surface area contributed by atoms with Crippen molar-refractivity contribution in [3.8, 4) is 0 Å². The van der Waals surface area contributed by atoms with E-state index in [9.17, 15) is 34.3 Å². The number of nitrogens with one attached hydrogen (secondary N) is 1. The zero-order chi connectivity index (χ0) is 77.4. The second-order valence-electron chi connectivity index (χ2n) is 24.0. The van der Waals surface area contributed by atoms with Crippen molar-refractivity contribution in [2.24, 2.45) is 10.1 Å². The van der Waals surface area contributed by atoms with Gasteiger partial charge >= 0.3 is 54.1 Å². The molecule has 1 unspecified atom stereocenters. The Labute approximate surface area is 625 Å². The fraction of sp³-hybridized carbons (Fsp3) is 0.451. The minimum absolute atomic E-state index is 0.202. The summed E-state index contributed by atoms with van der Waals surface area (Å²) in [5.74, 6) is -13.5. The fourth-order valence-electron chi connectivity index (χ4n) is 11.5. The van der Waals surface area contributed by atoms with Crippen LogP contribution in [0.2, 0.25) is 0 Å². The van der Waals surface area contributed by atoms with Gasteiger partial charge < -0.3 is 85.8 Å². The van der Waals surface area contributed by atoms with Crippen molar-refractivity contribution in [2.45, 2.75) is 168 Å². The van der Waals surface area contributed by atoms with E-state index < -0.39 is 201 Å². The third-order valence-corrected chi connectivity index (χ3v) is 16.2. The van der Waals surface area contributed by atoms with E-state index in [2.05, 4.69) is 20.3 Å². The van der Waals surface area contributed by atoms with E-state index in [0.717, 1.165) is 41.7 Å². The third-order valence-electron chi connectivity index (χ3n) is 15.9. The molecular weight excluding hydrogens is 1490 g/mol. The molecule has 3 heterocycles. The van der Waals surface area contributed by atoms with Crippen LogP contribution in [-0.2, 0) is 129 Å². The van der Waals surface area contributed by atoms with Gasteiger partial charge in [-0.1, -0.05) is 167 Å². The summed E-state index contributed by atoms with van der Waals surface area (Å²) in [6.45, 7) is 0.461. The van der Waals surface area contributed by atoms with Gasteiger partial charge in [0.2, 0.25) is 10.1 Å². The first-order valence-corrected chi connectivity index (χ1v) is 34.0. The van der Waals surface area contributed by atoms with Crippen molar-refractivity contribution in [2.75, 3.05) is 33.5 Å². The van der Waals surface area contributed by atoms with Gasteiger partial charge in [0.15, 0.2) is 30.7 Å². The standard InChI is InChI=1S/C71H75Cl3F3N5O25/c1-40(83)94-38-53(98-42(3)85)57(99-43(4)86)60-54(81-82-78)50(97-41(2)84)32-69(106-60,67(89)91-6)107-61-58(100-44(5)87)52(37-93-34-46-24-14-8-15-25-46)102-65(62(61)103-63(88)48-28-18-10-19-29-48)104-56-51(36-92-33-45-22-12-7-13-23-45)101-64(105-66(71(75,76)77)79-49-30-20-11-21-31-49)55(80-68(90)96-39-70(72,73)74)59(56)95-35-47-26-16-9-17-27-47/h7-31,50-62,64-65H,32-39H2,1-6H3,(H,80,90)/t50-,51+,52+,53+,54+,55+,56+,57+,58-,59+,60+,61-,62+,64?,65-,69-/m0/s1. The highest BCUT2D eigenvalue weighted by Gasteiger charge is 2.64. The quantitative estimate of drug-likeness (QED) is 0.00630. The summed E-state index contributed by atoms with van der Waals surface area (Å²) in [5, 5.41) is 6.27. The van der Waals surface area contributed by atoms with Gasteiger partial charge in [0.05, 0.1) is 57.8 Å². The number of ether oxygens (including phenoxy) is 17. The van der Waals surface area contributed by atoms with Crippen LogP contribution in [0.25, 0.3) is 10.4 Å². The first-order valence-electron chi connectivity index (χ1n) is 32.8. The number of hydrogen-bond donors (Lipinski definition) is 1. The summed E-state index contributed by atoms with van der Waals surface area (Å²) >= 11 is 18.1. The van der Waals surface area contributed by atoms with Gasteiger partial charge in [-0.05, 0) is 46.5 Å². The van der Waals surface area contributed by atoms with E-state index in [-0.39, 0.29) is 24.5 Å². The molecule has 1 amide bonds. The number of hydrogen-bond acceptors (Lipinski definition) is 27. The Morgan fingerprint density at radius 3 is 1.66 bits per heavy atom. The first kappa shape index (κ1) is 83.4. The van der Waals surface area contributed by atoms with Gasteiger partial charge in [-0.15, -0.1) is 0 Å². The van der Waals surface area contributed by atoms with Crippen molar-refractivity contribution < 1.29 is 132 Å². The van der Waals surface area contributed by atoms with Gasteiger partial charge in [-0.3, -0.25) is 24.0 Å². The zero-order valence-corrected chi connectivity index (χ0v) is 60.3. The molecule has 0 bridgehead atoms. The van der Waals surface area contributed by atoms with E-state index in [1.807, 2.05) is 0 Å². The van der Waals surface area contributed by atoms with E-state index in [1.54, 1.807) is 97.1 Å². The Hall–Kier alpha value is -9.22. The van der Waals surface area contributed by atoms with Gasteiger partial charge in [-0.2, -0.15) is 13.2 Å². The van der Waals surface area contributed by atoms with Crippen LogP contribution in [0.15, 0.2) is 162 Å². The SMILES string of the molecule is COC(=O)[C@@]1(O[C@H]2[C@@H](OC(C)=O)[C@@H](COCc3ccccc3)O[C@@H](O[C@H]3[C@H](OCc4ccccc4)[C@@H](NC(=O)OCC(Cl)(Cl)Cl)C(OC(=Nc4ccccc4)C(F)(F)F)O[C@@H]3COCc3ccccc3)[C@@H]2OC(=O)c2ccccc2)C[C@H](OC(C)=O)[C@@H](N=[N+]=[N-])[C@H]([C@H](OC(C)=O)[C@@H](COC(C)=O)OC(C)=O)O1. The Balaban J connectivity index is 1.40. The van der Waals surface area contributed by atoms with Crippen molar-refractivity contribution in [1.82, 2.24) is 5.32 Å². The Morgan fingerprint density at radius 2 is 1.15 bits per heavy atom. The number of halogens is 6. The maximum Gasteiger partial charge on any atom is 0.468 e. The number of alkyl carbamates (subject to hydrolysis) is 1. The number of aliphatic imine (C=N–C) groups is 1. The lowest BCUT2D eigenvalue weighted by molar-refractivity contribution is -0.383.